The highest BCUT2D eigenvalue weighted by Gasteiger charge is 2.05. The Morgan fingerprint density at radius 2 is 1.88 bits per heavy atom. The molecule has 0 aliphatic carbocycles. The van der Waals surface area contributed by atoms with E-state index < -0.39 is 0 Å². The molecule has 1 heterocycles. The molecule has 0 bridgehead atoms. The Hall–Kier alpha value is -2.03. The first-order chi connectivity index (χ1) is 8.27. The van der Waals surface area contributed by atoms with Crippen LogP contribution in [0.2, 0.25) is 0 Å². The molecule has 0 radical (unpaired) electrons. The Balaban J connectivity index is 1.93. The summed E-state index contributed by atoms with van der Waals surface area (Å²) >= 11 is 0. The third-order valence-corrected chi connectivity index (χ3v) is 2.70. The summed E-state index contributed by atoms with van der Waals surface area (Å²) in [7, 11) is 2.03. The van der Waals surface area contributed by atoms with Crippen LogP contribution in [0.15, 0.2) is 48.7 Å². The lowest BCUT2D eigenvalue weighted by Gasteiger charge is -2.07. The summed E-state index contributed by atoms with van der Waals surface area (Å²) in [6.07, 6.45) is 2.90. The molecule has 0 unspecified atom stereocenters. The number of ether oxygens (including phenoxy) is 1. The fourth-order valence-corrected chi connectivity index (χ4v) is 1.70. The van der Waals surface area contributed by atoms with Gasteiger partial charge in [-0.2, -0.15) is 0 Å². The van der Waals surface area contributed by atoms with Crippen LogP contribution in [0, 0.1) is 0 Å². The van der Waals surface area contributed by atoms with Crippen LogP contribution in [0.25, 0.3) is 0 Å². The van der Waals surface area contributed by atoms with Gasteiger partial charge in [-0.25, -0.2) is 4.57 Å². The first-order valence-electron chi connectivity index (χ1n) is 5.68. The van der Waals surface area contributed by atoms with Gasteiger partial charge in [0.1, 0.15) is 12.8 Å². The SMILES string of the molecule is C[n+]1ccccc1CCOc1ccccc1N. The molecule has 88 valence electrons. The molecule has 0 spiro atoms. The average molecular weight is 229 g/mol. The van der Waals surface area contributed by atoms with Crippen molar-refractivity contribution in [1.82, 2.24) is 0 Å². The number of rotatable bonds is 4. The predicted molar refractivity (Wildman–Crippen MR) is 67.7 cm³/mol. The Bertz CT molecular complexity index is 452. The number of hydrogen-bond donors (Lipinski definition) is 1. The minimum atomic E-state index is 0.631. The van der Waals surface area contributed by atoms with Gasteiger partial charge in [0.05, 0.1) is 18.7 Å². The van der Waals surface area contributed by atoms with Gasteiger partial charge in [-0.05, 0) is 12.1 Å². The molecule has 0 saturated heterocycles. The number of aryl methyl sites for hydroxylation is 1. The summed E-state index contributed by atoms with van der Waals surface area (Å²) < 4.78 is 7.75. The number of aromatic nitrogens is 1. The molecule has 3 heteroatoms. The number of benzene rings is 1. The van der Waals surface area contributed by atoms with Crippen LogP contribution in [0.5, 0.6) is 5.75 Å². The van der Waals surface area contributed by atoms with Gasteiger partial charge in [-0.1, -0.05) is 18.2 Å². The fraction of sp³-hybridized carbons (Fsp3) is 0.214. The van der Waals surface area contributed by atoms with E-state index in [1.54, 1.807) is 0 Å². The molecule has 1 aromatic heterocycles. The average Bonchev–Trinajstić information content (AvgIpc) is 2.34. The van der Waals surface area contributed by atoms with Crippen molar-refractivity contribution in [1.29, 1.82) is 0 Å². The topological polar surface area (TPSA) is 39.1 Å². The molecule has 0 fully saturated rings. The van der Waals surface area contributed by atoms with Gasteiger partial charge in [-0.15, -0.1) is 0 Å². The maximum atomic E-state index is 5.80. The summed E-state index contributed by atoms with van der Waals surface area (Å²) in [5.74, 6) is 0.756. The molecule has 2 N–H and O–H groups in total. The van der Waals surface area contributed by atoms with Crippen molar-refractivity contribution in [3.8, 4) is 5.75 Å². The Morgan fingerprint density at radius 3 is 2.65 bits per heavy atom. The lowest BCUT2D eigenvalue weighted by Crippen LogP contribution is -2.33. The van der Waals surface area contributed by atoms with Crippen LogP contribution >= 0.6 is 0 Å². The maximum absolute atomic E-state index is 5.80. The highest BCUT2D eigenvalue weighted by atomic mass is 16.5. The predicted octanol–water partition coefficient (Wildman–Crippen LogP) is 1.71. The molecule has 17 heavy (non-hydrogen) atoms. The summed E-state index contributed by atoms with van der Waals surface area (Å²) in [6, 6.07) is 13.7. The highest BCUT2D eigenvalue weighted by molar-refractivity contribution is 5.51. The molecular weight excluding hydrogens is 212 g/mol. The Labute approximate surface area is 101 Å². The maximum Gasteiger partial charge on any atom is 0.184 e. The van der Waals surface area contributed by atoms with Crippen molar-refractivity contribution >= 4 is 5.69 Å². The van der Waals surface area contributed by atoms with Crippen molar-refractivity contribution in [2.45, 2.75) is 6.42 Å². The van der Waals surface area contributed by atoms with Crippen LogP contribution in [0.1, 0.15) is 5.69 Å². The lowest BCUT2D eigenvalue weighted by molar-refractivity contribution is -0.679. The molecule has 0 aliphatic rings. The van der Waals surface area contributed by atoms with Crippen molar-refractivity contribution < 1.29 is 9.30 Å². The zero-order valence-electron chi connectivity index (χ0n) is 9.97. The van der Waals surface area contributed by atoms with E-state index in [1.165, 1.54) is 5.69 Å². The fourth-order valence-electron chi connectivity index (χ4n) is 1.70. The molecule has 2 rings (SSSR count). The van der Waals surface area contributed by atoms with E-state index >= 15 is 0 Å². The smallest absolute Gasteiger partial charge is 0.184 e. The van der Waals surface area contributed by atoms with E-state index in [0.29, 0.717) is 12.3 Å². The number of nitrogens with zero attached hydrogens (tertiary/aromatic N) is 1. The minimum absolute atomic E-state index is 0.631. The number of hydrogen-bond acceptors (Lipinski definition) is 2. The number of nitrogen functional groups attached to an aromatic ring is 1. The van der Waals surface area contributed by atoms with Crippen LogP contribution < -0.4 is 15.0 Å². The second-order valence-electron chi connectivity index (χ2n) is 3.94. The zero-order chi connectivity index (χ0) is 12.1. The van der Waals surface area contributed by atoms with Gasteiger partial charge >= 0.3 is 0 Å². The molecule has 1 aromatic carbocycles. The molecule has 3 nitrogen and oxygen atoms in total. The van der Waals surface area contributed by atoms with Gasteiger partial charge in [0.25, 0.3) is 0 Å². The van der Waals surface area contributed by atoms with Gasteiger partial charge in [-0.3, -0.25) is 0 Å². The molecule has 0 atom stereocenters. The first kappa shape index (κ1) is 11.5. The van der Waals surface area contributed by atoms with Crippen molar-refractivity contribution in [2.75, 3.05) is 12.3 Å². The van der Waals surface area contributed by atoms with E-state index in [2.05, 4.69) is 10.6 Å². The second-order valence-corrected chi connectivity index (χ2v) is 3.94. The monoisotopic (exact) mass is 229 g/mol. The highest BCUT2D eigenvalue weighted by Crippen LogP contribution is 2.19. The van der Waals surface area contributed by atoms with Crippen LogP contribution in [-0.4, -0.2) is 6.61 Å². The van der Waals surface area contributed by atoms with Crippen molar-refractivity contribution in [3.63, 3.8) is 0 Å². The molecule has 0 saturated carbocycles. The number of para-hydroxylation sites is 2. The molecular formula is C14H17N2O+. The normalized spacial score (nSPS) is 10.2. The van der Waals surface area contributed by atoms with E-state index in [-0.39, 0.29) is 0 Å². The van der Waals surface area contributed by atoms with E-state index in [0.717, 1.165) is 12.2 Å². The Kier molecular flexibility index (Phi) is 3.60. The third-order valence-electron chi connectivity index (χ3n) is 2.70. The molecule has 0 aliphatic heterocycles. The largest absolute Gasteiger partial charge is 0.491 e. The lowest BCUT2D eigenvalue weighted by atomic mass is 10.2. The number of anilines is 1. The summed E-state index contributed by atoms with van der Waals surface area (Å²) in [4.78, 5) is 0. The van der Waals surface area contributed by atoms with E-state index in [1.807, 2.05) is 49.6 Å². The minimum Gasteiger partial charge on any atom is -0.491 e. The second kappa shape index (κ2) is 5.34. The van der Waals surface area contributed by atoms with Crippen molar-refractivity contribution in [3.05, 3.63) is 54.4 Å². The van der Waals surface area contributed by atoms with Crippen LogP contribution in [0.3, 0.4) is 0 Å². The summed E-state index contributed by atoms with van der Waals surface area (Å²) in [5, 5.41) is 0. The van der Waals surface area contributed by atoms with Gasteiger partial charge in [0.2, 0.25) is 0 Å². The van der Waals surface area contributed by atoms with Gasteiger partial charge in [0.15, 0.2) is 11.9 Å². The standard InChI is InChI=1S/C14H17N2O/c1-16-10-5-4-6-12(16)9-11-17-14-8-3-2-7-13(14)15/h2-8,10H,9,11,15H2,1H3/q+1. The van der Waals surface area contributed by atoms with Gasteiger partial charge < -0.3 is 10.5 Å². The summed E-state index contributed by atoms with van der Waals surface area (Å²) in [5.41, 5.74) is 7.72. The quantitative estimate of drug-likeness (QED) is 0.640. The number of nitrogens with two attached hydrogens (primary N) is 1. The number of pyridine rings is 1. The third kappa shape index (κ3) is 2.97. The molecule has 0 amide bonds. The summed E-state index contributed by atoms with van der Waals surface area (Å²) in [6.45, 7) is 0.631. The van der Waals surface area contributed by atoms with E-state index in [9.17, 15) is 0 Å². The first-order valence-corrected chi connectivity index (χ1v) is 5.68. The van der Waals surface area contributed by atoms with Crippen molar-refractivity contribution in [2.24, 2.45) is 7.05 Å². The zero-order valence-corrected chi connectivity index (χ0v) is 9.97. The Morgan fingerprint density at radius 1 is 1.12 bits per heavy atom. The van der Waals surface area contributed by atoms with Gasteiger partial charge in [0, 0.05) is 12.1 Å². The van der Waals surface area contributed by atoms with Crippen LogP contribution in [-0.2, 0) is 13.5 Å². The van der Waals surface area contributed by atoms with E-state index in [4.69, 9.17) is 10.5 Å². The molecule has 2 aromatic rings. The van der Waals surface area contributed by atoms with Crippen LogP contribution in [0.4, 0.5) is 5.69 Å².